The molecule has 8 heteroatoms. The van der Waals surface area contributed by atoms with Crippen molar-refractivity contribution in [3.8, 4) is 11.4 Å². The number of hydrogen-bond donors (Lipinski definition) is 1. The zero-order valence-electron chi connectivity index (χ0n) is 17.3. The smallest absolute Gasteiger partial charge is 0.250 e. The Morgan fingerprint density at radius 3 is 2.57 bits per heavy atom. The summed E-state index contributed by atoms with van der Waals surface area (Å²) in [5.41, 5.74) is 2.47. The largest absolute Gasteiger partial charge is 0.322 e. The second kappa shape index (κ2) is 7.60. The molecule has 1 aliphatic rings. The molecule has 0 saturated heterocycles. The molecule has 7 nitrogen and oxygen atoms in total. The normalized spacial score (nSPS) is 14.9. The van der Waals surface area contributed by atoms with E-state index in [2.05, 4.69) is 15.5 Å². The number of amides is 2. The van der Waals surface area contributed by atoms with E-state index >= 15 is 0 Å². The Balaban J connectivity index is 1.57. The number of hydrogen-bond acceptors (Lipinski definition) is 5. The summed E-state index contributed by atoms with van der Waals surface area (Å²) >= 11 is 1.31. The van der Waals surface area contributed by atoms with Gasteiger partial charge in [-0.05, 0) is 38.5 Å². The summed E-state index contributed by atoms with van der Waals surface area (Å²) in [6, 6.07) is 15.3. The lowest BCUT2D eigenvalue weighted by Crippen LogP contribution is -2.59. The van der Waals surface area contributed by atoms with Crippen molar-refractivity contribution in [2.75, 3.05) is 16.0 Å². The van der Waals surface area contributed by atoms with Gasteiger partial charge in [0.25, 0.3) is 0 Å². The maximum atomic E-state index is 13.2. The first kappa shape index (κ1) is 20.2. The molecule has 30 heavy (non-hydrogen) atoms. The molecule has 1 N–H and O–H groups in total. The van der Waals surface area contributed by atoms with Crippen molar-refractivity contribution in [2.24, 2.45) is 7.05 Å². The number of benzene rings is 2. The highest BCUT2D eigenvalue weighted by molar-refractivity contribution is 7.99. The first-order chi connectivity index (χ1) is 14.3. The number of thioether (sulfide) groups is 1. The molecule has 1 aromatic heterocycles. The monoisotopic (exact) mass is 421 g/mol. The second-order valence-corrected chi connectivity index (χ2v) is 8.67. The molecule has 0 bridgehead atoms. The van der Waals surface area contributed by atoms with Crippen LogP contribution in [0.2, 0.25) is 0 Å². The van der Waals surface area contributed by atoms with Crippen LogP contribution in [0.25, 0.3) is 11.4 Å². The first-order valence-electron chi connectivity index (χ1n) is 9.62. The van der Waals surface area contributed by atoms with Crippen LogP contribution in [0.5, 0.6) is 0 Å². The number of carbonyl (C=O) groups excluding carboxylic acids is 2. The average Bonchev–Trinajstić information content (AvgIpc) is 3.07. The van der Waals surface area contributed by atoms with Crippen molar-refractivity contribution < 1.29 is 9.59 Å². The molecule has 2 amide bonds. The molecule has 0 spiro atoms. The SMILES string of the molecule is Cc1ccccc1-c1nnc(SCC(=O)N2c3ccccc3NC(=O)C2(C)C)n1C. The molecule has 4 rings (SSSR count). The van der Waals surface area contributed by atoms with Gasteiger partial charge in [-0.3, -0.25) is 14.5 Å². The Morgan fingerprint density at radius 2 is 1.80 bits per heavy atom. The van der Waals surface area contributed by atoms with Crippen LogP contribution >= 0.6 is 11.8 Å². The van der Waals surface area contributed by atoms with Crippen LogP contribution in [0, 0.1) is 6.92 Å². The lowest BCUT2D eigenvalue weighted by molar-refractivity contribution is -0.125. The highest BCUT2D eigenvalue weighted by atomic mass is 32.2. The van der Waals surface area contributed by atoms with Gasteiger partial charge in [-0.15, -0.1) is 10.2 Å². The Labute approximate surface area is 179 Å². The van der Waals surface area contributed by atoms with Gasteiger partial charge in [0.15, 0.2) is 11.0 Å². The van der Waals surface area contributed by atoms with Gasteiger partial charge in [-0.25, -0.2) is 0 Å². The molecule has 2 aromatic carbocycles. The third kappa shape index (κ3) is 3.37. The minimum Gasteiger partial charge on any atom is -0.322 e. The van der Waals surface area contributed by atoms with Gasteiger partial charge < -0.3 is 9.88 Å². The van der Waals surface area contributed by atoms with E-state index in [1.807, 2.05) is 61.0 Å². The van der Waals surface area contributed by atoms with Crippen LogP contribution in [0.3, 0.4) is 0 Å². The molecule has 1 aliphatic heterocycles. The van der Waals surface area contributed by atoms with E-state index in [-0.39, 0.29) is 17.6 Å². The standard InChI is InChI=1S/C22H23N5O2S/c1-14-9-5-6-10-15(14)19-24-25-21(26(19)4)30-13-18(28)27-17-12-8-7-11-16(17)23-20(29)22(27,2)3/h5-12H,13H2,1-4H3,(H,23,29). The fraction of sp³-hybridized carbons (Fsp3) is 0.273. The molecule has 0 radical (unpaired) electrons. The fourth-order valence-corrected chi connectivity index (χ4v) is 4.35. The average molecular weight is 422 g/mol. The summed E-state index contributed by atoms with van der Waals surface area (Å²) < 4.78 is 1.89. The van der Waals surface area contributed by atoms with E-state index in [4.69, 9.17) is 0 Å². The number of anilines is 2. The third-order valence-electron chi connectivity index (χ3n) is 5.30. The van der Waals surface area contributed by atoms with E-state index in [0.29, 0.717) is 16.5 Å². The lowest BCUT2D eigenvalue weighted by atomic mass is 9.96. The van der Waals surface area contributed by atoms with E-state index in [0.717, 1.165) is 17.0 Å². The van der Waals surface area contributed by atoms with E-state index < -0.39 is 5.54 Å². The van der Waals surface area contributed by atoms with Gasteiger partial charge >= 0.3 is 0 Å². The van der Waals surface area contributed by atoms with Crippen LogP contribution in [0.15, 0.2) is 53.7 Å². The van der Waals surface area contributed by atoms with E-state index in [1.54, 1.807) is 24.8 Å². The Bertz CT molecular complexity index is 1140. The molecular weight excluding hydrogens is 398 g/mol. The van der Waals surface area contributed by atoms with Crippen molar-refractivity contribution >= 4 is 35.0 Å². The molecule has 0 saturated carbocycles. The predicted molar refractivity (Wildman–Crippen MR) is 119 cm³/mol. The number of aromatic nitrogens is 3. The van der Waals surface area contributed by atoms with E-state index in [1.165, 1.54) is 11.8 Å². The molecule has 0 atom stereocenters. The topological polar surface area (TPSA) is 80.1 Å². The maximum absolute atomic E-state index is 13.2. The molecule has 3 aromatic rings. The fourth-order valence-electron chi connectivity index (χ4n) is 3.59. The van der Waals surface area contributed by atoms with Crippen molar-refractivity contribution in [3.05, 3.63) is 54.1 Å². The summed E-state index contributed by atoms with van der Waals surface area (Å²) in [5.74, 6) is 0.531. The van der Waals surface area contributed by atoms with Crippen molar-refractivity contribution in [2.45, 2.75) is 31.5 Å². The number of carbonyl (C=O) groups is 2. The molecule has 2 heterocycles. The van der Waals surface area contributed by atoms with Gasteiger partial charge in [0, 0.05) is 12.6 Å². The Morgan fingerprint density at radius 1 is 1.10 bits per heavy atom. The summed E-state index contributed by atoms with van der Waals surface area (Å²) in [6.07, 6.45) is 0. The Kier molecular flexibility index (Phi) is 5.11. The van der Waals surface area contributed by atoms with Crippen molar-refractivity contribution in [1.29, 1.82) is 0 Å². The molecule has 0 unspecified atom stereocenters. The van der Waals surface area contributed by atoms with Crippen LogP contribution < -0.4 is 10.2 Å². The van der Waals surface area contributed by atoms with Crippen LogP contribution in [-0.4, -0.2) is 37.9 Å². The number of nitrogens with one attached hydrogen (secondary N) is 1. The molecule has 0 aliphatic carbocycles. The number of para-hydroxylation sites is 2. The number of fused-ring (bicyclic) bond motifs is 1. The minimum atomic E-state index is -0.988. The predicted octanol–water partition coefficient (Wildman–Crippen LogP) is 3.65. The number of nitrogens with zero attached hydrogens (tertiary/aromatic N) is 4. The zero-order chi connectivity index (χ0) is 21.5. The van der Waals surface area contributed by atoms with Gasteiger partial charge in [0.1, 0.15) is 5.54 Å². The van der Waals surface area contributed by atoms with Crippen molar-refractivity contribution in [1.82, 2.24) is 14.8 Å². The van der Waals surface area contributed by atoms with Gasteiger partial charge in [0.05, 0.1) is 17.1 Å². The van der Waals surface area contributed by atoms with Crippen molar-refractivity contribution in [3.63, 3.8) is 0 Å². The highest BCUT2D eigenvalue weighted by Gasteiger charge is 2.43. The van der Waals surface area contributed by atoms with Gasteiger partial charge in [-0.1, -0.05) is 48.2 Å². The first-order valence-corrected chi connectivity index (χ1v) is 10.6. The lowest BCUT2D eigenvalue weighted by Gasteiger charge is -2.42. The molecule has 154 valence electrons. The minimum absolute atomic E-state index is 0.144. The highest BCUT2D eigenvalue weighted by Crippen LogP contribution is 2.37. The summed E-state index contributed by atoms with van der Waals surface area (Å²) in [7, 11) is 1.89. The second-order valence-electron chi connectivity index (χ2n) is 7.73. The van der Waals surface area contributed by atoms with Crippen LogP contribution in [-0.2, 0) is 16.6 Å². The van der Waals surface area contributed by atoms with Gasteiger partial charge in [0.2, 0.25) is 11.8 Å². The van der Waals surface area contributed by atoms with Gasteiger partial charge in [-0.2, -0.15) is 0 Å². The van der Waals surface area contributed by atoms with Crippen LogP contribution in [0.4, 0.5) is 11.4 Å². The molecular formula is C22H23N5O2S. The van der Waals surface area contributed by atoms with E-state index in [9.17, 15) is 9.59 Å². The molecule has 0 fully saturated rings. The third-order valence-corrected chi connectivity index (χ3v) is 6.31. The summed E-state index contributed by atoms with van der Waals surface area (Å²) in [6.45, 7) is 5.53. The maximum Gasteiger partial charge on any atom is 0.250 e. The quantitative estimate of drug-likeness (QED) is 0.651. The van der Waals surface area contributed by atoms with Crippen LogP contribution in [0.1, 0.15) is 19.4 Å². The number of rotatable bonds is 4. The zero-order valence-corrected chi connectivity index (χ0v) is 18.2. The number of aryl methyl sites for hydroxylation is 1. The summed E-state index contributed by atoms with van der Waals surface area (Å²) in [5, 5.41) is 12.1. The summed E-state index contributed by atoms with van der Waals surface area (Å²) in [4.78, 5) is 27.4. The Hall–Kier alpha value is -3.13.